The van der Waals surface area contributed by atoms with Crippen LogP contribution in [-0.2, 0) is 16.1 Å². The van der Waals surface area contributed by atoms with E-state index in [2.05, 4.69) is 10.3 Å². The molecule has 0 bridgehead atoms. The van der Waals surface area contributed by atoms with E-state index >= 15 is 0 Å². The van der Waals surface area contributed by atoms with Gasteiger partial charge in [0.05, 0.1) is 17.5 Å². The van der Waals surface area contributed by atoms with E-state index in [0.717, 1.165) is 48.4 Å². The van der Waals surface area contributed by atoms with E-state index in [4.69, 9.17) is 9.84 Å². The number of hydrogen-bond donors (Lipinski definition) is 1. The fourth-order valence-electron chi connectivity index (χ4n) is 3.45. The zero-order valence-corrected chi connectivity index (χ0v) is 15.8. The standard InChI is InChI=1S/C22H24N4O2/c27-21(9-8-20-7-4-14-28-20)24-15-18-16-26(19-5-2-1-3-6-19)25-22(18)17-10-12-23-13-11-17/h1-3,5-6,10-13,16,20H,4,7-9,14-15H2,(H,24,27). The van der Waals surface area contributed by atoms with E-state index in [-0.39, 0.29) is 12.0 Å². The molecule has 1 N–H and O–H groups in total. The third-order valence-electron chi connectivity index (χ3n) is 4.96. The number of pyridine rings is 1. The van der Waals surface area contributed by atoms with Crippen molar-refractivity contribution in [3.05, 3.63) is 66.6 Å². The molecule has 4 rings (SSSR count). The zero-order valence-electron chi connectivity index (χ0n) is 15.8. The maximum atomic E-state index is 12.3. The largest absolute Gasteiger partial charge is 0.378 e. The van der Waals surface area contributed by atoms with E-state index in [1.807, 2.05) is 53.3 Å². The second-order valence-corrected chi connectivity index (χ2v) is 6.97. The number of carbonyl (C=O) groups excluding carboxylic acids is 1. The van der Waals surface area contributed by atoms with Crippen molar-refractivity contribution < 1.29 is 9.53 Å². The number of nitrogens with one attached hydrogen (secondary N) is 1. The second kappa shape index (κ2) is 8.80. The summed E-state index contributed by atoms with van der Waals surface area (Å²) in [5, 5.41) is 7.79. The lowest BCUT2D eigenvalue weighted by Crippen LogP contribution is -2.24. The van der Waals surface area contributed by atoms with Gasteiger partial charge in [0, 0.05) is 49.3 Å². The number of benzene rings is 1. The molecular formula is C22H24N4O2. The Morgan fingerprint density at radius 1 is 1.18 bits per heavy atom. The van der Waals surface area contributed by atoms with Gasteiger partial charge in [0.25, 0.3) is 0 Å². The maximum absolute atomic E-state index is 12.3. The molecule has 1 unspecified atom stereocenters. The van der Waals surface area contributed by atoms with Crippen molar-refractivity contribution in [3.63, 3.8) is 0 Å². The van der Waals surface area contributed by atoms with Crippen LogP contribution in [0.2, 0.25) is 0 Å². The molecule has 6 nitrogen and oxygen atoms in total. The molecule has 3 heterocycles. The number of amides is 1. The molecule has 0 spiro atoms. The summed E-state index contributed by atoms with van der Waals surface area (Å²) >= 11 is 0. The van der Waals surface area contributed by atoms with Gasteiger partial charge in [-0.05, 0) is 43.5 Å². The molecule has 1 aliphatic heterocycles. The van der Waals surface area contributed by atoms with Crippen LogP contribution in [0, 0.1) is 0 Å². The number of para-hydroxylation sites is 1. The van der Waals surface area contributed by atoms with Crippen molar-refractivity contribution in [1.82, 2.24) is 20.1 Å². The summed E-state index contributed by atoms with van der Waals surface area (Å²) in [6.45, 7) is 1.26. The van der Waals surface area contributed by atoms with Gasteiger partial charge in [0.2, 0.25) is 5.91 Å². The summed E-state index contributed by atoms with van der Waals surface area (Å²) in [4.78, 5) is 16.4. The molecular weight excluding hydrogens is 352 g/mol. The molecule has 1 fully saturated rings. The molecule has 6 heteroatoms. The Morgan fingerprint density at radius 2 is 2.00 bits per heavy atom. The van der Waals surface area contributed by atoms with Gasteiger partial charge in [-0.3, -0.25) is 9.78 Å². The van der Waals surface area contributed by atoms with Crippen LogP contribution in [0.1, 0.15) is 31.2 Å². The maximum Gasteiger partial charge on any atom is 0.220 e. The smallest absolute Gasteiger partial charge is 0.220 e. The lowest BCUT2D eigenvalue weighted by atomic mass is 10.1. The molecule has 1 saturated heterocycles. The lowest BCUT2D eigenvalue weighted by Gasteiger charge is -2.09. The SMILES string of the molecule is O=C(CCC1CCCO1)NCc1cn(-c2ccccc2)nc1-c1ccncc1. The van der Waals surface area contributed by atoms with Crippen LogP contribution in [0.4, 0.5) is 0 Å². The van der Waals surface area contributed by atoms with Crippen LogP contribution < -0.4 is 5.32 Å². The first-order valence-corrected chi connectivity index (χ1v) is 9.72. The summed E-state index contributed by atoms with van der Waals surface area (Å²) in [6, 6.07) is 13.8. The molecule has 3 aromatic rings. The number of carbonyl (C=O) groups is 1. The van der Waals surface area contributed by atoms with Crippen molar-refractivity contribution >= 4 is 5.91 Å². The number of nitrogens with zero attached hydrogens (tertiary/aromatic N) is 3. The predicted molar refractivity (Wildman–Crippen MR) is 107 cm³/mol. The summed E-state index contributed by atoms with van der Waals surface area (Å²) in [7, 11) is 0. The van der Waals surface area contributed by atoms with Crippen LogP contribution in [0.15, 0.2) is 61.1 Å². The van der Waals surface area contributed by atoms with Crippen LogP contribution >= 0.6 is 0 Å². The average Bonchev–Trinajstić information content (AvgIpc) is 3.42. The van der Waals surface area contributed by atoms with Gasteiger partial charge in [0.15, 0.2) is 0 Å². The summed E-state index contributed by atoms with van der Waals surface area (Å²) < 4.78 is 7.45. The fraction of sp³-hybridized carbons (Fsp3) is 0.318. The Bertz CT molecular complexity index is 903. The van der Waals surface area contributed by atoms with Crippen molar-refractivity contribution in [1.29, 1.82) is 0 Å². The third-order valence-corrected chi connectivity index (χ3v) is 4.96. The van der Waals surface area contributed by atoms with Gasteiger partial charge < -0.3 is 10.1 Å². The Labute approximate surface area is 164 Å². The highest BCUT2D eigenvalue weighted by molar-refractivity contribution is 5.76. The normalized spacial score (nSPS) is 16.2. The molecule has 144 valence electrons. The Balaban J connectivity index is 1.48. The van der Waals surface area contributed by atoms with E-state index in [0.29, 0.717) is 13.0 Å². The monoisotopic (exact) mass is 376 g/mol. The summed E-state index contributed by atoms with van der Waals surface area (Å²) in [5.41, 5.74) is 3.79. The second-order valence-electron chi connectivity index (χ2n) is 6.97. The minimum absolute atomic E-state index is 0.0450. The van der Waals surface area contributed by atoms with E-state index < -0.39 is 0 Å². The Morgan fingerprint density at radius 3 is 2.75 bits per heavy atom. The molecule has 1 aromatic carbocycles. The molecule has 0 aliphatic carbocycles. The van der Waals surface area contributed by atoms with Gasteiger partial charge in [-0.15, -0.1) is 0 Å². The van der Waals surface area contributed by atoms with Crippen molar-refractivity contribution in [2.75, 3.05) is 6.61 Å². The highest BCUT2D eigenvalue weighted by Gasteiger charge is 2.17. The van der Waals surface area contributed by atoms with Gasteiger partial charge in [-0.1, -0.05) is 18.2 Å². The highest BCUT2D eigenvalue weighted by Crippen LogP contribution is 2.23. The van der Waals surface area contributed by atoms with Crippen LogP contribution in [0.3, 0.4) is 0 Å². The highest BCUT2D eigenvalue weighted by atomic mass is 16.5. The van der Waals surface area contributed by atoms with E-state index in [9.17, 15) is 4.79 Å². The molecule has 1 aliphatic rings. The summed E-state index contributed by atoms with van der Waals surface area (Å²) in [6.07, 6.45) is 9.14. The van der Waals surface area contributed by atoms with Crippen molar-refractivity contribution in [2.45, 2.75) is 38.3 Å². The quantitative estimate of drug-likeness (QED) is 0.685. The average molecular weight is 376 g/mol. The van der Waals surface area contributed by atoms with E-state index in [1.165, 1.54) is 0 Å². The Kier molecular flexibility index (Phi) is 5.77. The first kappa shape index (κ1) is 18.4. The predicted octanol–water partition coefficient (Wildman–Crippen LogP) is 3.51. The Hall–Kier alpha value is -2.99. The first-order chi connectivity index (χ1) is 13.8. The van der Waals surface area contributed by atoms with Gasteiger partial charge in [-0.2, -0.15) is 5.10 Å². The first-order valence-electron chi connectivity index (χ1n) is 9.72. The molecule has 1 amide bonds. The minimum Gasteiger partial charge on any atom is -0.378 e. The molecule has 0 saturated carbocycles. The molecule has 0 radical (unpaired) electrons. The topological polar surface area (TPSA) is 69.0 Å². The molecule has 1 atom stereocenters. The minimum atomic E-state index is 0.0450. The van der Waals surface area contributed by atoms with Crippen LogP contribution in [0.5, 0.6) is 0 Å². The molecule has 28 heavy (non-hydrogen) atoms. The third kappa shape index (κ3) is 4.46. The van der Waals surface area contributed by atoms with E-state index in [1.54, 1.807) is 12.4 Å². The number of hydrogen-bond acceptors (Lipinski definition) is 4. The van der Waals surface area contributed by atoms with Crippen molar-refractivity contribution in [3.8, 4) is 16.9 Å². The number of aromatic nitrogens is 3. The van der Waals surface area contributed by atoms with Crippen LogP contribution in [-0.4, -0.2) is 33.4 Å². The van der Waals surface area contributed by atoms with Gasteiger partial charge >= 0.3 is 0 Å². The number of ether oxygens (including phenoxy) is 1. The molecule has 2 aromatic heterocycles. The van der Waals surface area contributed by atoms with Gasteiger partial charge in [0.1, 0.15) is 0 Å². The van der Waals surface area contributed by atoms with Crippen LogP contribution in [0.25, 0.3) is 16.9 Å². The number of rotatable bonds is 7. The zero-order chi connectivity index (χ0) is 19.2. The van der Waals surface area contributed by atoms with Crippen molar-refractivity contribution in [2.24, 2.45) is 0 Å². The van der Waals surface area contributed by atoms with Gasteiger partial charge in [-0.25, -0.2) is 4.68 Å². The summed E-state index contributed by atoms with van der Waals surface area (Å²) in [5.74, 6) is 0.0450. The fourth-order valence-corrected chi connectivity index (χ4v) is 3.45. The lowest BCUT2D eigenvalue weighted by molar-refractivity contribution is -0.121.